The first-order valence-corrected chi connectivity index (χ1v) is 9.21. The number of hydrogen-bond donors (Lipinski definition) is 2. The van der Waals surface area contributed by atoms with Gasteiger partial charge in [0.15, 0.2) is 9.84 Å². The zero-order valence-electron chi connectivity index (χ0n) is 12.8. The number of rotatable bonds is 7. The van der Waals surface area contributed by atoms with E-state index in [4.69, 9.17) is 5.11 Å². The lowest BCUT2D eigenvalue weighted by Crippen LogP contribution is -2.20. The monoisotopic (exact) mass is 347 g/mol. The van der Waals surface area contributed by atoms with Crippen LogP contribution < -0.4 is 5.32 Å². The Morgan fingerprint density at radius 3 is 2.75 bits per heavy atom. The van der Waals surface area contributed by atoms with Crippen LogP contribution in [0.4, 0.5) is 5.82 Å². The first-order valence-electron chi connectivity index (χ1n) is 7.39. The van der Waals surface area contributed by atoms with Crippen LogP contribution in [0.5, 0.6) is 0 Å². The molecule has 2 heterocycles. The van der Waals surface area contributed by atoms with Crippen molar-refractivity contribution in [1.29, 1.82) is 0 Å². The molecular formula is C15H17N5O3S. The average Bonchev–Trinajstić information content (AvgIpc) is 3.09. The molecule has 3 aromatic rings. The van der Waals surface area contributed by atoms with Gasteiger partial charge < -0.3 is 10.4 Å². The van der Waals surface area contributed by atoms with Crippen LogP contribution in [0, 0.1) is 0 Å². The molecule has 0 fully saturated rings. The van der Waals surface area contributed by atoms with Crippen LogP contribution in [0.3, 0.4) is 0 Å². The fourth-order valence-corrected chi connectivity index (χ4v) is 3.15. The van der Waals surface area contributed by atoms with Gasteiger partial charge >= 0.3 is 0 Å². The quantitative estimate of drug-likeness (QED) is 0.645. The molecule has 0 saturated heterocycles. The summed E-state index contributed by atoms with van der Waals surface area (Å²) in [6.45, 7) is -0.170. The molecule has 0 aliphatic rings. The molecule has 1 aromatic carbocycles. The molecule has 0 bridgehead atoms. The fraction of sp³-hybridized carbons (Fsp3) is 0.267. The number of nitrogens with one attached hydrogen (secondary N) is 1. The first-order chi connectivity index (χ1) is 11.6. The Hall–Kier alpha value is -2.52. The van der Waals surface area contributed by atoms with E-state index in [0.717, 1.165) is 10.9 Å². The van der Waals surface area contributed by atoms with Crippen LogP contribution >= 0.6 is 0 Å². The third-order valence-corrected chi connectivity index (χ3v) is 5.07. The van der Waals surface area contributed by atoms with E-state index in [2.05, 4.69) is 20.3 Å². The van der Waals surface area contributed by atoms with Crippen molar-refractivity contribution in [3.8, 4) is 5.95 Å². The number of anilines is 1. The van der Waals surface area contributed by atoms with Gasteiger partial charge in [-0.05, 0) is 12.1 Å². The zero-order valence-corrected chi connectivity index (χ0v) is 13.6. The predicted octanol–water partition coefficient (Wildman–Crippen LogP) is 0.634. The lowest BCUT2D eigenvalue weighted by Gasteiger charge is -2.11. The molecule has 0 aliphatic carbocycles. The summed E-state index contributed by atoms with van der Waals surface area (Å²) in [4.78, 5) is 12.9. The Labute approximate surface area is 139 Å². The van der Waals surface area contributed by atoms with E-state index in [-0.39, 0.29) is 24.7 Å². The van der Waals surface area contributed by atoms with Crippen molar-refractivity contribution in [3.05, 3.63) is 43.0 Å². The van der Waals surface area contributed by atoms with Crippen molar-refractivity contribution in [1.82, 2.24) is 19.5 Å². The smallest absolute Gasteiger partial charge is 0.237 e. The standard InChI is InChI=1S/C15H17N5O3S/c21-8-10-24(22,23)9-6-17-14-12-3-1-2-4-13(12)18-15(19-14)20-7-5-16-11-20/h1-5,7,11,21H,6,8-10H2,(H,17,18,19). The Balaban J connectivity index is 1.88. The van der Waals surface area contributed by atoms with Gasteiger partial charge in [0.25, 0.3) is 0 Å². The van der Waals surface area contributed by atoms with E-state index in [0.29, 0.717) is 11.8 Å². The second kappa shape index (κ2) is 6.93. The van der Waals surface area contributed by atoms with Crippen molar-refractivity contribution < 1.29 is 13.5 Å². The summed E-state index contributed by atoms with van der Waals surface area (Å²) in [7, 11) is -3.28. The zero-order chi connectivity index (χ0) is 17.0. The SMILES string of the molecule is O=S(=O)(CCO)CCNc1nc(-n2ccnc2)nc2ccccc12. The summed E-state index contributed by atoms with van der Waals surface area (Å²) >= 11 is 0. The molecule has 0 spiro atoms. The van der Waals surface area contributed by atoms with Gasteiger partial charge in [0, 0.05) is 24.3 Å². The topological polar surface area (TPSA) is 110 Å². The lowest BCUT2D eigenvalue weighted by atomic mass is 10.2. The number of benzene rings is 1. The molecule has 24 heavy (non-hydrogen) atoms. The molecule has 2 aromatic heterocycles. The first kappa shape index (κ1) is 16.3. The van der Waals surface area contributed by atoms with Gasteiger partial charge in [-0.3, -0.25) is 4.57 Å². The van der Waals surface area contributed by atoms with Crippen LogP contribution in [-0.4, -0.2) is 57.7 Å². The van der Waals surface area contributed by atoms with E-state index >= 15 is 0 Å². The van der Waals surface area contributed by atoms with E-state index in [9.17, 15) is 8.42 Å². The second-order valence-corrected chi connectivity index (χ2v) is 7.47. The third kappa shape index (κ3) is 3.69. The number of aliphatic hydroxyl groups excluding tert-OH is 1. The maximum Gasteiger partial charge on any atom is 0.237 e. The van der Waals surface area contributed by atoms with Crippen molar-refractivity contribution in [2.24, 2.45) is 0 Å². The van der Waals surface area contributed by atoms with E-state index in [1.54, 1.807) is 23.3 Å². The predicted molar refractivity (Wildman–Crippen MR) is 90.9 cm³/mol. The Bertz CT molecular complexity index is 925. The molecule has 2 N–H and O–H groups in total. The van der Waals surface area contributed by atoms with E-state index in [1.165, 1.54) is 0 Å². The summed E-state index contributed by atoms with van der Waals surface area (Å²) in [6.07, 6.45) is 4.96. The highest BCUT2D eigenvalue weighted by molar-refractivity contribution is 7.91. The largest absolute Gasteiger partial charge is 0.395 e. The molecule has 0 atom stereocenters. The van der Waals surface area contributed by atoms with Gasteiger partial charge in [0.2, 0.25) is 5.95 Å². The van der Waals surface area contributed by atoms with Gasteiger partial charge in [-0.15, -0.1) is 0 Å². The Morgan fingerprint density at radius 2 is 2.00 bits per heavy atom. The minimum Gasteiger partial charge on any atom is -0.395 e. The van der Waals surface area contributed by atoms with Crippen LogP contribution in [0.15, 0.2) is 43.0 Å². The minimum absolute atomic E-state index is 0.0771. The second-order valence-electron chi connectivity index (χ2n) is 5.16. The number of fused-ring (bicyclic) bond motifs is 1. The molecule has 126 valence electrons. The summed E-state index contributed by atoms with van der Waals surface area (Å²) in [6, 6.07) is 7.49. The highest BCUT2D eigenvalue weighted by Gasteiger charge is 2.12. The van der Waals surface area contributed by atoms with Crippen LogP contribution in [0.1, 0.15) is 0 Å². The summed E-state index contributed by atoms with van der Waals surface area (Å²) in [5, 5.41) is 12.6. The maximum atomic E-state index is 11.7. The number of hydrogen-bond acceptors (Lipinski definition) is 7. The van der Waals surface area contributed by atoms with Crippen molar-refractivity contribution in [2.75, 3.05) is 30.0 Å². The van der Waals surface area contributed by atoms with Crippen molar-refractivity contribution >= 4 is 26.6 Å². The maximum absolute atomic E-state index is 11.7. The van der Waals surface area contributed by atoms with Crippen molar-refractivity contribution in [3.63, 3.8) is 0 Å². The number of para-hydroxylation sites is 1. The highest BCUT2D eigenvalue weighted by Crippen LogP contribution is 2.21. The number of sulfone groups is 1. The molecule has 0 amide bonds. The van der Waals surface area contributed by atoms with Gasteiger partial charge in [-0.2, -0.15) is 4.98 Å². The average molecular weight is 347 g/mol. The van der Waals surface area contributed by atoms with E-state index < -0.39 is 9.84 Å². The van der Waals surface area contributed by atoms with Crippen LogP contribution in [0.25, 0.3) is 16.9 Å². The molecular weight excluding hydrogens is 330 g/mol. The molecule has 9 heteroatoms. The molecule has 0 aliphatic heterocycles. The highest BCUT2D eigenvalue weighted by atomic mass is 32.2. The molecule has 8 nitrogen and oxygen atoms in total. The van der Waals surface area contributed by atoms with Gasteiger partial charge in [0.05, 0.1) is 23.6 Å². The number of aliphatic hydroxyl groups is 1. The molecule has 3 rings (SSSR count). The van der Waals surface area contributed by atoms with Gasteiger partial charge in [-0.25, -0.2) is 18.4 Å². The van der Waals surface area contributed by atoms with Crippen LogP contribution in [-0.2, 0) is 9.84 Å². The molecule has 0 radical (unpaired) electrons. The summed E-state index contributed by atoms with van der Waals surface area (Å²) < 4.78 is 25.1. The van der Waals surface area contributed by atoms with E-state index in [1.807, 2.05) is 24.3 Å². The third-order valence-electron chi connectivity index (χ3n) is 3.43. The normalized spacial score (nSPS) is 11.7. The molecule has 0 unspecified atom stereocenters. The summed E-state index contributed by atoms with van der Waals surface area (Å²) in [5.74, 6) is 0.696. The molecule has 0 saturated carbocycles. The van der Waals surface area contributed by atoms with Crippen LogP contribution in [0.2, 0.25) is 0 Å². The fourth-order valence-electron chi connectivity index (χ4n) is 2.26. The Morgan fingerprint density at radius 1 is 1.17 bits per heavy atom. The van der Waals surface area contributed by atoms with Gasteiger partial charge in [-0.1, -0.05) is 12.1 Å². The summed E-state index contributed by atoms with van der Waals surface area (Å²) in [5.41, 5.74) is 0.747. The van der Waals surface area contributed by atoms with Crippen molar-refractivity contribution in [2.45, 2.75) is 0 Å². The number of nitrogens with zero attached hydrogens (tertiary/aromatic N) is 4. The van der Waals surface area contributed by atoms with Gasteiger partial charge in [0.1, 0.15) is 12.1 Å². The number of imidazole rings is 1. The lowest BCUT2D eigenvalue weighted by molar-refractivity contribution is 0.319. The Kier molecular flexibility index (Phi) is 4.72. The number of aromatic nitrogens is 4. The minimum atomic E-state index is -3.28.